The Morgan fingerprint density at radius 3 is 2.71 bits per heavy atom. The number of unbranched alkanes of at least 4 members (excludes halogenated alkanes) is 3. The van der Waals surface area contributed by atoms with Gasteiger partial charge in [-0.25, -0.2) is 13.8 Å². The molecular weight excluding hydrogens is 451 g/mol. The Labute approximate surface area is 205 Å². The quantitative estimate of drug-likeness (QED) is 0.416. The minimum atomic E-state index is -1.40. The average Bonchev–Trinajstić information content (AvgIpc) is 3.19. The largest absolute Gasteiger partial charge is 0.375 e. The summed E-state index contributed by atoms with van der Waals surface area (Å²) in [4.78, 5) is 6.64. The number of halogens is 3. The van der Waals surface area contributed by atoms with Gasteiger partial charge in [-0.15, -0.1) is 0 Å². The van der Waals surface area contributed by atoms with Gasteiger partial charge in [-0.3, -0.25) is 9.29 Å². The number of aromatic nitrogens is 1. The second-order valence-electron chi connectivity index (χ2n) is 10.2. The Kier molecular flexibility index (Phi) is 7.17. The molecule has 1 aromatic heterocycles. The summed E-state index contributed by atoms with van der Waals surface area (Å²) in [6.07, 6.45) is 6.44. The number of anilines is 1. The minimum Gasteiger partial charge on any atom is -0.375 e. The molecule has 4 nitrogen and oxygen atoms in total. The van der Waals surface area contributed by atoms with Crippen LogP contribution >= 0.6 is 0 Å². The smallest absolute Gasteiger partial charge is 0.169 e. The molecule has 3 heterocycles. The van der Waals surface area contributed by atoms with Crippen molar-refractivity contribution < 1.29 is 17.9 Å². The summed E-state index contributed by atoms with van der Waals surface area (Å²) >= 11 is 0. The number of hydrogen-bond acceptors (Lipinski definition) is 4. The number of nitrogens with zero attached hydrogens (tertiary/aromatic N) is 2. The second-order valence-corrected chi connectivity index (χ2v) is 10.2. The first-order chi connectivity index (χ1) is 17.0. The highest BCUT2D eigenvalue weighted by atomic mass is 19.1. The van der Waals surface area contributed by atoms with Gasteiger partial charge in [0, 0.05) is 37.0 Å². The van der Waals surface area contributed by atoms with E-state index < -0.39 is 5.67 Å². The molecule has 35 heavy (non-hydrogen) atoms. The zero-order valence-corrected chi connectivity index (χ0v) is 20.3. The van der Waals surface area contributed by atoms with E-state index in [4.69, 9.17) is 4.74 Å². The van der Waals surface area contributed by atoms with Crippen LogP contribution in [0.3, 0.4) is 0 Å². The number of hydrogen-bond donors (Lipinski definition) is 1. The number of fused-ring (bicyclic) bond motifs is 2. The molecule has 1 saturated heterocycles. The van der Waals surface area contributed by atoms with Crippen LogP contribution in [0.15, 0.2) is 42.1 Å². The van der Waals surface area contributed by atoms with E-state index in [1.54, 1.807) is 6.20 Å². The molecule has 1 aromatic carbocycles. The standard InChI is InChI=1S/C28H34F3N3O/c1-19-12-22-21-9-5-4-8-20(21)13-23(22)27(34(19)16-28(31)17-35-18-28)24-15-33-26(14-25(24)30)32-11-7-3-2-6-10-29/h4-5,8-9,14-15,19,27H,2-3,6-7,10-13,16-18H2,1H3,(H,32,33)/t19-,27+/m1/s1. The summed E-state index contributed by atoms with van der Waals surface area (Å²) in [6.45, 7) is 2.88. The average molecular weight is 486 g/mol. The van der Waals surface area contributed by atoms with E-state index >= 15 is 8.78 Å². The normalized spacial score (nSPS) is 23.1. The van der Waals surface area contributed by atoms with Crippen molar-refractivity contribution in [1.82, 2.24) is 9.88 Å². The maximum absolute atomic E-state index is 15.6. The molecule has 5 rings (SSSR count). The van der Waals surface area contributed by atoms with Crippen LogP contribution in [0.1, 0.15) is 61.8 Å². The van der Waals surface area contributed by atoms with Gasteiger partial charge in [-0.05, 0) is 54.9 Å². The lowest BCUT2D eigenvalue weighted by Crippen LogP contribution is -2.57. The predicted octanol–water partition coefficient (Wildman–Crippen LogP) is 6.05. The predicted molar refractivity (Wildman–Crippen MR) is 132 cm³/mol. The van der Waals surface area contributed by atoms with Crippen molar-refractivity contribution in [3.05, 3.63) is 64.6 Å². The van der Waals surface area contributed by atoms with Gasteiger partial charge in [0.25, 0.3) is 0 Å². The summed E-state index contributed by atoms with van der Waals surface area (Å²) in [6, 6.07) is 9.50. The highest BCUT2D eigenvalue weighted by Crippen LogP contribution is 2.49. The number of rotatable bonds is 10. The van der Waals surface area contributed by atoms with E-state index in [0.29, 0.717) is 24.3 Å². The Morgan fingerprint density at radius 1 is 1.17 bits per heavy atom. The lowest BCUT2D eigenvalue weighted by atomic mass is 9.84. The van der Waals surface area contributed by atoms with Crippen molar-refractivity contribution in [3.8, 4) is 0 Å². The van der Waals surface area contributed by atoms with Gasteiger partial charge in [0.15, 0.2) is 5.67 Å². The fourth-order valence-corrected chi connectivity index (χ4v) is 5.71. The number of benzene rings is 1. The van der Waals surface area contributed by atoms with E-state index in [1.165, 1.54) is 22.8 Å². The molecule has 1 N–H and O–H groups in total. The highest BCUT2D eigenvalue weighted by Gasteiger charge is 2.47. The second kappa shape index (κ2) is 10.3. The van der Waals surface area contributed by atoms with E-state index in [-0.39, 0.29) is 44.3 Å². The molecule has 2 aliphatic heterocycles. The molecule has 2 aromatic rings. The number of pyridine rings is 1. The molecule has 7 heteroatoms. The Morgan fingerprint density at radius 2 is 1.97 bits per heavy atom. The summed E-state index contributed by atoms with van der Waals surface area (Å²) < 4.78 is 48.3. The first kappa shape index (κ1) is 24.3. The van der Waals surface area contributed by atoms with E-state index in [2.05, 4.69) is 34.3 Å². The molecule has 3 aliphatic rings. The fraction of sp³-hybridized carbons (Fsp3) is 0.536. The molecule has 1 aliphatic carbocycles. The van der Waals surface area contributed by atoms with Crippen molar-refractivity contribution in [2.75, 3.05) is 38.3 Å². The van der Waals surface area contributed by atoms with Gasteiger partial charge in [0.1, 0.15) is 11.6 Å². The maximum atomic E-state index is 15.6. The lowest BCUT2D eigenvalue weighted by molar-refractivity contribution is -0.147. The third-order valence-corrected chi connectivity index (χ3v) is 7.57. The fourth-order valence-electron chi connectivity index (χ4n) is 5.71. The zero-order valence-electron chi connectivity index (χ0n) is 20.3. The molecule has 2 atom stereocenters. The van der Waals surface area contributed by atoms with Crippen molar-refractivity contribution >= 4 is 11.4 Å². The van der Waals surface area contributed by atoms with Crippen molar-refractivity contribution in [1.29, 1.82) is 0 Å². The summed E-state index contributed by atoms with van der Waals surface area (Å²) in [7, 11) is 0. The van der Waals surface area contributed by atoms with Gasteiger partial charge in [0.05, 0.1) is 25.9 Å². The van der Waals surface area contributed by atoms with Crippen LogP contribution < -0.4 is 5.32 Å². The van der Waals surface area contributed by atoms with Crippen molar-refractivity contribution in [2.45, 2.75) is 63.2 Å². The molecule has 1 fully saturated rings. The highest BCUT2D eigenvalue weighted by molar-refractivity contribution is 5.79. The van der Waals surface area contributed by atoms with Crippen LogP contribution in [0.2, 0.25) is 0 Å². The summed E-state index contributed by atoms with van der Waals surface area (Å²) in [5.41, 5.74) is 4.00. The van der Waals surface area contributed by atoms with Gasteiger partial charge >= 0.3 is 0 Å². The molecule has 0 saturated carbocycles. The van der Waals surface area contributed by atoms with E-state index in [9.17, 15) is 4.39 Å². The number of alkyl halides is 2. The van der Waals surface area contributed by atoms with Crippen molar-refractivity contribution in [3.63, 3.8) is 0 Å². The van der Waals surface area contributed by atoms with Crippen LogP contribution in [0.25, 0.3) is 5.57 Å². The molecule has 0 bridgehead atoms. The monoisotopic (exact) mass is 485 g/mol. The Balaban J connectivity index is 1.41. The number of ether oxygens (including phenoxy) is 1. The molecule has 0 spiro atoms. The van der Waals surface area contributed by atoms with Crippen molar-refractivity contribution in [2.24, 2.45) is 0 Å². The molecular formula is C28H34F3N3O. The topological polar surface area (TPSA) is 37.4 Å². The third kappa shape index (κ3) is 4.98. The van der Waals surface area contributed by atoms with Gasteiger partial charge in [-0.1, -0.05) is 37.1 Å². The van der Waals surface area contributed by atoms with E-state index in [0.717, 1.165) is 37.7 Å². The molecule has 0 radical (unpaired) electrons. The molecule has 0 amide bonds. The maximum Gasteiger partial charge on any atom is 0.169 e. The first-order valence-corrected chi connectivity index (χ1v) is 12.8. The van der Waals surface area contributed by atoms with Crippen LogP contribution in [0.5, 0.6) is 0 Å². The minimum absolute atomic E-state index is 0.0552. The summed E-state index contributed by atoms with van der Waals surface area (Å²) in [5, 5.41) is 3.18. The third-order valence-electron chi connectivity index (χ3n) is 7.57. The first-order valence-electron chi connectivity index (χ1n) is 12.8. The van der Waals surface area contributed by atoms with Crippen LogP contribution in [-0.2, 0) is 11.2 Å². The Bertz CT molecular complexity index is 1080. The summed E-state index contributed by atoms with van der Waals surface area (Å²) in [5.74, 6) is 0.162. The van der Waals surface area contributed by atoms with Gasteiger partial charge in [-0.2, -0.15) is 0 Å². The van der Waals surface area contributed by atoms with Gasteiger partial charge < -0.3 is 10.1 Å². The van der Waals surface area contributed by atoms with Crippen LogP contribution in [0.4, 0.5) is 19.0 Å². The van der Waals surface area contributed by atoms with Crippen LogP contribution in [0, 0.1) is 5.82 Å². The van der Waals surface area contributed by atoms with Crippen LogP contribution in [-0.4, -0.2) is 54.6 Å². The SMILES string of the molecule is C[C@@H]1CC2=C(Cc3ccccc32)[C@@H](c2cnc(NCCCCCCF)cc2F)N1CC1(F)COC1. The van der Waals surface area contributed by atoms with Gasteiger partial charge in [0.2, 0.25) is 0 Å². The molecule has 188 valence electrons. The van der Waals surface area contributed by atoms with E-state index in [1.807, 2.05) is 12.1 Å². The Hall–Kier alpha value is -2.38. The number of nitrogens with one attached hydrogen (secondary N) is 1. The molecule has 0 unspecified atom stereocenters. The zero-order chi connectivity index (χ0) is 24.4. The lowest BCUT2D eigenvalue weighted by Gasteiger charge is -2.47.